The summed E-state index contributed by atoms with van der Waals surface area (Å²) >= 11 is 3.06. The van der Waals surface area contributed by atoms with Crippen LogP contribution in [0.1, 0.15) is 23.7 Å². The highest BCUT2D eigenvalue weighted by atomic mass is 79.9. The first-order chi connectivity index (χ1) is 7.50. The van der Waals surface area contributed by atoms with Gasteiger partial charge in [0.15, 0.2) is 0 Å². The third kappa shape index (κ3) is 3.79. The maximum atomic E-state index is 11.6. The Hall–Kier alpha value is -1.14. The first-order valence-corrected chi connectivity index (χ1v) is 5.72. The van der Waals surface area contributed by atoms with Gasteiger partial charge in [-0.15, -0.1) is 0 Å². The number of carbonyl (C=O) groups excluding carboxylic acids is 1. The number of nitrogens with one attached hydrogen (secondary N) is 2. The van der Waals surface area contributed by atoms with E-state index >= 15 is 0 Å². The number of amides is 1. The molecule has 5 nitrogen and oxygen atoms in total. The smallest absolute Gasteiger partial charge is 0.262 e. The highest BCUT2D eigenvalue weighted by molar-refractivity contribution is 9.10. The Morgan fingerprint density at radius 1 is 1.69 bits per heavy atom. The number of hydrogen-bond donors (Lipinski definition) is 3. The Labute approximate surface area is 102 Å². The molecule has 4 N–H and O–H groups in total. The maximum Gasteiger partial charge on any atom is 0.262 e. The Bertz CT molecular complexity index is 428. The predicted octanol–water partition coefficient (Wildman–Crippen LogP) is 0.604. The quantitative estimate of drug-likeness (QED) is 0.758. The van der Waals surface area contributed by atoms with Crippen molar-refractivity contribution in [1.82, 2.24) is 10.3 Å². The fraction of sp³-hybridized carbons (Fsp3) is 0.400. The molecule has 0 aliphatic rings. The lowest BCUT2D eigenvalue weighted by Crippen LogP contribution is -2.29. The Balaban J connectivity index is 2.60. The van der Waals surface area contributed by atoms with E-state index in [9.17, 15) is 9.59 Å². The molecule has 0 fully saturated rings. The van der Waals surface area contributed by atoms with Gasteiger partial charge in [0.05, 0.1) is 10.0 Å². The molecule has 6 heteroatoms. The van der Waals surface area contributed by atoms with E-state index in [2.05, 4.69) is 26.2 Å². The molecule has 0 spiro atoms. The average Bonchev–Trinajstić information content (AvgIpc) is 2.21. The van der Waals surface area contributed by atoms with Gasteiger partial charge in [0.2, 0.25) is 0 Å². The summed E-state index contributed by atoms with van der Waals surface area (Å²) in [5.74, 6) is -0.224. The molecule has 1 aromatic rings. The Kier molecular flexibility index (Phi) is 4.70. The van der Waals surface area contributed by atoms with Gasteiger partial charge in [-0.3, -0.25) is 9.59 Å². The highest BCUT2D eigenvalue weighted by Gasteiger charge is 2.07. The average molecular weight is 288 g/mol. The normalized spacial score (nSPS) is 12.2. The van der Waals surface area contributed by atoms with E-state index < -0.39 is 0 Å². The third-order valence-corrected chi connectivity index (χ3v) is 2.59. The van der Waals surface area contributed by atoms with Gasteiger partial charge >= 0.3 is 0 Å². The fourth-order valence-electron chi connectivity index (χ4n) is 1.10. The lowest BCUT2D eigenvalue weighted by Gasteiger charge is -2.07. The number of halogens is 1. The number of nitrogens with two attached hydrogens (primary N) is 1. The molecule has 0 radical (unpaired) electrons. The van der Waals surface area contributed by atoms with E-state index in [0.29, 0.717) is 16.6 Å². The van der Waals surface area contributed by atoms with Crippen LogP contribution in [0.25, 0.3) is 0 Å². The zero-order valence-corrected chi connectivity index (χ0v) is 10.5. The van der Waals surface area contributed by atoms with Crippen molar-refractivity contribution in [3.8, 4) is 0 Å². The molecule has 88 valence electrons. The number of aromatic amines is 1. The van der Waals surface area contributed by atoms with Crippen LogP contribution < -0.4 is 16.6 Å². The predicted molar refractivity (Wildman–Crippen MR) is 65.4 cm³/mol. The second-order valence-corrected chi connectivity index (χ2v) is 4.44. The number of pyridine rings is 1. The van der Waals surface area contributed by atoms with Crippen molar-refractivity contribution >= 4 is 21.8 Å². The van der Waals surface area contributed by atoms with Crippen LogP contribution in [0.4, 0.5) is 0 Å². The van der Waals surface area contributed by atoms with Crippen molar-refractivity contribution in [1.29, 1.82) is 0 Å². The van der Waals surface area contributed by atoms with Crippen LogP contribution in [0.3, 0.4) is 0 Å². The first kappa shape index (κ1) is 12.9. The van der Waals surface area contributed by atoms with Crippen molar-refractivity contribution < 1.29 is 4.79 Å². The summed E-state index contributed by atoms with van der Waals surface area (Å²) in [4.78, 5) is 25.1. The van der Waals surface area contributed by atoms with Gasteiger partial charge in [-0.05, 0) is 35.3 Å². The van der Waals surface area contributed by atoms with Gasteiger partial charge in [-0.2, -0.15) is 0 Å². The Morgan fingerprint density at radius 2 is 2.38 bits per heavy atom. The fourth-order valence-corrected chi connectivity index (χ4v) is 1.46. The molecular weight excluding hydrogens is 274 g/mol. The van der Waals surface area contributed by atoms with Crippen LogP contribution in [-0.4, -0.2) is 23.5 Å². The van der Waals surface area contributed by atoms with Gasteiger partial charge in [0, 0.05) is 18.8 Å². The first-order valence-electron chi connectivity index (χ1n) is 4.92. The third-order valence-electron chi connectivity index (χ3n) is 2.01. The number of carbonyl (C=O) groups is 1. The topological polar surface area (TPSA) is 88.0 Å². The molecule has 0 saturated heterocycles. The SMILES string of the molecule is CC(N)CCNC(=O)c1c[nH]c(=O)c(Br)c1. The van der Waals surface area contributed by atoms with Crippen molar-refractivity contribution in [3.63, 3.8) is 0 Å². The molecule has 1 unspecified atom stereocenters. The van der Waals surface area contributed by atoms with Gasteiger partial charge in [-0.25, -0.2) is 0 Å². The zero-order chi connectivity index (χ0) is 12.1. The molecule has 1 atom stereocenters. The van der Waals surface area contributed by atoms with E-state index in [1.807, 2.05) is 6.92 Å². The molecule has 0 bridgehead atoms. The molecule has 0 aromatic carbocycles. The van der Waals surface area contributed by atoms with Crippen LogP contribution in [-0.2, 0) is 0 Å². The minimum Gasteiger partial charge on any atom is -0.352 e. The van der Waals surface area contributed by atoms with Crippen LogP contribution in [0.2, 0.25) is 0 Å². The summed E-state index contributed by atoms with van der Waals surface area (Å²) in [6.45, 7) is 2.40. The summed E-state index contributed by atoms with van der Waals surface area (Å²) in [5, 5.41) is 2.72. The van der Waals surface area contributed by atoms with Crippen molar-refractivity contribution in [2.24, 2.45) is 5.73 Å². The second kappa shape index (κ2) is 5.81. The van der Waals surface area contributed by atoms with Crippen LogP contribution >= 0.6 is 15.9 Å². The number of aromatic nitrogens is 1. The standard InChI is InChI=1S/C10H14BrN3O2/c1-6(12)2-3-13-9(15)7-4-8(11)10(16)14-5-7/h4-6H,2-3,12H2,1H3,(H,13,15)(H,14,16). The summed E-state index contributed by atoms with van der Waals surface area (Å²) < 4.78 is 0.340. The summed E-state index contributed by atoms with van der Waals surface area (Å²) in [7, 11) is 0. The number of H-pyrrole nitrogens is 1. The number of rotatable bonds is 4. The van der Waals surface area contributed by atoms with E-state index in [1.54, 1.807) is 0 Å². The van der Waals surface area contributed by atoms with Gasteiger partial charge < -0.3 is 16.0 Å². The molecule has 1 heterocycles. The van der Waals surface area contributed by atoms with Crippen LogP contribution in [0, 0.1) is 0 Å². The molecule has 0 aliphatic heterocycles. The van der Waals surface area contributed by atoms with Gasteiger partial charge in [0.1, 0.15) is 0 Å². The monoisotopic (exact) mass is 287 g/mol. The van der Waals surface area contributed by atoms with Crippen molar-refractivity contribution in [3.05, 3.63) is 32.7 Å². The minimum atomic E-state index is -0.257. The molecular formula is C10H14BrN3O2. The highest BCUT2D eigenvalue weighted by Crippen LogP contribution is 2.04. The molecule has 1 aromatic heterocycles. The lowest BCUT2D eigenvalue weighted by molar-refractivity contribution is 0.0952. The molecule has 16 heavy (non-hydrogen) atoms. The molecule has 0 saturated carbocycles. The largest absolute Gasteiger partial charge is 0.352 e. The van der Waals surface area contributed by atoms with E-state index in [-0.39, 0.29) is 17.5 Å². The molecule has 0 aliphatic carbocycles. The summed E-state index contributed by atoms with van der Waals surface area (Å²) in [6.07, 6.45) is 2.10. The van der Waals surface area contributed by atoms with Crippen LogP contribution in [0.5, 0.6) is 0 Å². The van der Waals surface area contributed by atoms with E-state index in [4.69, 9.17) is 5.73 Å². The summed E-state index contributed by atoms with van der Waals surface area (Å²) in [5.41, 5.74) is 5.71. The Morgan fingerprint density at radius 3 is 2.94 bits per heavy atom. The molecule has 1 rings (SSSR count). The molecule has 1 amide bonds. The van der Waals surface area contributed by atoms with E-state index in [0.717, 1.165) is 6.42 Å². The maximum absolute atomic E-state index is 11.6. The second-order valence-electron chi connectivity index (χ2n) is 3.59. The van der Waals surface area contributed by atoms with Crippen molar-refractivity contribution in [2.75, 3.05) is 6.54 Å². The lowest BCUT2D eigenvalue weighted by atomic mass is 10.2. The number of hydrogen-bond acceptors (Lipinski definition) is 3. The zero-order valence-electron chi connectivity index (χ0n) is 8.92. The van der Waals surface area contributed by atoms with Crippen molar-refractivity contribution in [2.45, 2.75) is 19.4 Å². The minimum absolute atomic E-state index is 0.0580. The van der Waals surface area contributed by atoms with Gasteiger partial charge in [-0.1, -0.05) is 0 Å². The van der Waals surface area contributed by atoms with E-state index in [1.165, 1.54) is 12.3 Å². The van der Waals surface area contributed by atoms with Gasteiger partial charge in [0.25, 0.3) is 11.5 Å². The van der Waals surface area contributed by atoms with Crippen LogP contribution in [0.15, 0.2) is 21.5 Å². The summed E-state index contributed by atoms with van der Waals surface area (Å²) in [6, 6.07) is 1.54.